The van der Waals surface area contributed by atoms with Crippen molar-refractivity contribution in [1.29, 1.82) is 0 Å². The fourth-order valence-electron chi connectivity index (χ4n) is 3.19. The van der Waals surface area contributed by atoms with Crippen LogP contribution in [0.5, 0.6) is 0 Å². The minimum absolute atomic E-state index is 0.0777. The molecule has 0 aromatic heterocycles. The molecule has 1 fully saturated rings. The van der Waals surface area contributed by atoms with E-state index in [0.717, 1.165) is 18.4 Å². The maximum Gasteiger partial charge on any atom is 0.338 e. The molecule has 24 heavy (non-hydrogen) atoms. The van der Waals surface area contributed by atoms with Crippen molar-refractivity contribution in [3.63, 3.8) is 0 Å². The van der Waals surface area contributed by atoms with E-state index in [1.807, 2.05) is 30.3 Å². The fourth-order valence-corrected chi connectivity index (χ4v) is 3.19. The number of ether oxygens (including phenoxy) is 1. The minimum atomic E-state index is -1.46. The molecule has 1 saturated heterocycles. The van der Waals surface area contributed by atoms with E-state index in [1.54, 1.807) is 11.8 Å². The zero-order valence-corrected chi connectivity index (χ0v) is 14.5. The number of aliphatic hydroxyl groups is 1. The summed E-state index contributed by atoms with van der Waals surface area (Å²) in [6.45, 7) is 4.78. The second-order valence-corrected chi connectivity index (χ2v) is 6.33. The number of carbonyl (C=O) groups excluding carboxylic acids is 2. The Labute approximate surface area is 143 Å². The van der Waals surface area contributed by atoms with E-state index in [0.29, 0.717) is 13.1 Å². The van der Waals surface area contributed by atoms with Gasteiger partial charge in [0.15, 0.2) is 5.60 Å². The Morgan fingerprint density at radius 1 is 1.21 bits per heavy atom. The molecule has 1 N–H and O–H groups in total. The monoisotopic (exact) mass is 333 g/mol. The van der Waals surface area contributed by atoms with Gasteiger partial charge in [-0.25, -0.2) is 4.79 Å². The Morgan fingerprint density at radius 3 is 2.38 bits per heavy atom. The number of piperidine rings is 1. The standard InChI is InChI=1S/C19H27NO4/c1-3-8-16(15-9-6-5-7-10-15)17(21)20-13-11-19(23,12-14-20)18(22)24-4-2/h5-7,9-10,16,23H,3-4,8,11-14H2,1-2H3. The first-order valence-electron chi connectivity index (χ1n) is 8.75. The summed E-state index contributed by atoms with van der Waals surface area (Å²) in [7, 11) is 0. The van der Waals surface area contributed by atoms with Gasteiger partial charge in [-0.2, -0.15) is 0 Å². The Kier molecular flexibility index (Phi) is 6.37. The first-order valence-corrected chi connectivity index (χ1v) is 8.75. The lowest BCUT2D eigenvalue weighted by Gasteiger charge is -2.37. The molecule has 1 amide bonds. The van der Waals surface area contributed by atoms with Crippen LogP contribution in [-0.2, 0) is 14.3 Å². The predicted octanol–water partition coefficient (Wildman–Crippen LogP) is 2.49. The molecule has 0 spiro atoms. The number of nitrogens with zero attached hydrogens (tertiary/aromatic N) is 1. The van der Waals surface area contributed by atoms with Gasteiger partial charge in [-0.1, -0.05) is 43.7 Å². The summed E-state index contributed by atoms with van der Waals surface area (Å²) in [5.41, 5.74) is -0.435. The smallest absolute Gasteiger partial charge is 0.338 e. The van der Waals surface area contributed by atoms with Crippen molar-refractivity contribution in [2.75, 3.05) is 19.7 Å². The van der Waals surface area contributed by atoms with Crippen molar-refractivity contribution >= 4 is 11.9 Å². The Balaban J connectivity index is 2.04. The van der Waals surface area contributed by atoms with Crippen molar-refractivity contribution in [2.24, 2.45) is 0 Å². The lowest BCUT2D eigenvalue weighted by atomic mass is 9.88. The van der Waals surface area contributed by atoms with E-state index in [4.69, 9.17) is 4.74 Å². The molecule has 1 unspecified atom stereocenters. The summed E-state index contributed by atoms with van der Waals surface area (Å²) in [6, 6.07) is 9.80. The molecule has 5 heteroatoms. The van der Waals surface area contributed by atoms with Crippen LogP contribution in [0, 0.1) is 0 Å². The molecule has 1 aromatic rings. The summed E-state index contributed by atoms with van der Waals surface area (Å²) in [6.07, 6.45) is 2.17. The zero-order valence-electron chi connectivity index (χ0n) is 14.5. The third-order valence-electron chi connectivity index (χ3n) is 4.64. The number of hydrogen-bond donors (Lipinski definition) is 1. The summed E-state index contributed by atoms with van der Waals surface area (Å²) < 4.78 is 4.94. The maximum absolute atomic E-state index is 12.9. The highest BCUT2D eigenvalue weighted by atomic mass is 16.5. The lowest BCUT2D eigenvalue weighted by Crippen LogP contribution is -2.52. The van der Waals surface area contributed by atoms with Gasteiger partial charge in [0.2, 0.25) is 5.91 Å². The molecule has 1 heterocycles. The third kappa shape index (κ3) is 4.15. The number of hydrogen-bond acceptors (Lipinski definition) is 4. The largest absolute Gasteiger partial charge is 0.464 e. The molecule has 0 bridgehead atoms. The number of benzene rings is 1. The van der Waals surface area contributed by atoms with E-state index in [2.05, 4.69) is 6.92 Å². The van der Waals surface area contributed by atoms with Crippen molar-refractivity contribution < 1.29 is 19.4 Å². The number of esters is 1. The van der Waals surface area contributed by atoms with Gasteiger partial charge in [0.05, 0.1) is 12.5 Å². The first-order chi connectivity index (χ1) is 11.5. The van der Waals surface area contributed by atoms with Gasteiger partial charge in [0, 0.05) is 25.9 Å². The van der Waals surface area contributed by atoms with Gasteiger partial charge in [-0.3, -0.25) is 4.79 Å². The van der Waals surface area contributed by atoms with Crippen molar-refractivity contribution in [2.45, 2.75) is 51.0 Å². The second kappa shape index (κ2) is 8.29. The highest BCUT2D eigenvalue weighted by molar-refractivity contribution is 5.85. The van der Waals surface area contributed by atoms with Gasteiger partial charge in [-0.05, 0) is 18.9 Å². The van der Waals surface area contributed by atoms with E-state index in [9.17, 15) is 14.7 Å². The first kappa shape index (κ1) is 18.5. The lowest BCUT2D eigenvalue weighted by molar-refractivity contribution is -0.171. The topological polar surface area (TPSA) is 66.8 Å². The van der Waals surface area contributed by atoms with Crippen molar-refractivity contribution in [1.82, 2.24) is 4.90 Å². The number of rotatable bonds is 6. The summed E-state index contributed by atoms with van der Waals surface area (Å²) >= 11 is 0. The van der Waals surface area contributed by atoms with Crippen LogP contribution in [0.4, 0.5) is 0 Å². The number of amides is 1. The molecule has 0 saturated carbocycles. The van der Waals surface area contributed by atoms with E-state index >= 15 is 0 Å². The van der Waals surface area contributed by atoms with Gasteiger partial charge in [0.25, 0.3) is 0 Å². The van der Waals surface area contributed by atoms with Gasteiger partial charge in [-0.15, -0.1) is 0 Å². The van der Waals surface area contributed by atoms with Gasteiger partial charge < -0.3 is 14.7 Å². The normalized spacial score (nSPS) is 18.0. The van der Waals surface area contributed by atoms with Crippen molar-refractivity contribution in [3.8, 4) is 0 Å². The second-order valence-electron chi connectivity index (χ2n) is 6.33. The Hall–Kier alpha value is -1.88. The Bertz CT molecular complexity index is 550. The molecular formula is C19H27NO4. The third-order valence-corrected chi connectivity index (χ3v) is 4.64. The zero-order chi connectivity index (χ0) is 17.6. The maximum atomic E-state index is 12.9. The Morgan fingerprint density at radius 2 is 1.83 bits per heavy atom. The summed E-state index contributed by atoms with van der Waals surface area (Å²) in [4.78, 5) is 26.6. The number of carbonyl (C=O) groups is 2. The SMILES string of the molecule is CCCC(C(=O)N1CCC(O)(C(=O)OCC)CC1)c1ccccc1. The van der Waals surface area contributed by atoms with E-state index < -0.39 is 11.6 Å². The van der Waals surface area contributed by atoms with Crippen LogP contribution in [0.15, 0.2) is 30.3 Å². The van der Waals surface area contributed by atoms with Crippen LogP contribution in [0.25, 0.3) is 0 Å². The summed E-state index contributed by atoms with van der Waals surface area (Å²) in [5, 5.41) is 10.4. The minimum Gasteiger partial charge on any atom is -0.464 e. The molecule has 0 radical (unpaired) electrons. The van der Waals surface area contributed by atoms with Crippen LogP contribution in [0.2, 0.25) is 0 Å². The molecule has 1 atom stereocenters. The molecule has 1 aliphatic heterocycles. The van der Waals surface area contributed by atoms with E-state index in [1.165, 1.54) is 0 Å². The average Bonchev–Trinajstić information content (AvgIpc) is 2.61. The molecule has 2 rings (SSSR count). The predicted molar refractivity (Wildman–Crippen MR) is 91.5 cm³/mol. The molecule has 132 valence electrons. The molecule has 1 aromatic carbocycles. The average molecular weight is 333 g/mol. The molecule has 1 aliphatic rings. The van der Waals surface area contributed by atoms with Crippen LogP contribution in [0.3, 0.4) is 0 Å². The van der Waals surface area contributed by atoms with Crippen LogP contribution < -0.4 is 0 Å². The van der Waals surface area contributed by atoms with Gasteiger partial charge in [0.1, 0.15) is 0 Å². The highest BCUT2D eigenvalue weighted by Gasteiger charge is 2.42. The highest BCUT2D eigenvalue weighted by Crippen LogP contribution is 2.29. The fraction of sp³-hybridized carbons (Fsp3) is 0.579. The molecular weight excluding hydrogens is 306 g/mol. The summed E-state index contributed by atoms with van der Waals surface area (Å²) in [5.74, 6) is -0.663. The number of likely N-dealkylation sites (tertiary alicyclic amines) is 1. The molecule has 5 nitrogen and oxygen atoms in total. The van der Waals surface area contributed by atoms with Crippen LogP contribution >= 0.6 is 0 Å². The van der Waals surface area contributed by atoms with Crippen molar-refractivity contribution in [3.05, 3.63) is 35.9 Å². The van der Waals surface area contributed by atoms with E-state index in [-0.39, 0.29) is 31.3 Å². The van der Waals surface area contributed by atoms with Crippen LogP contribution in [-0.4, -0.2) is 47.2 Å². The van der Waals surface area contributed by atoms with Crippen LogP contribution in [0.1, 0.15) is 51.0 Å². The quantitative estimate of drug-likeness (QED) is 0.812. The van der Waals surface area contributed by atoms with Gasteiger partial charge >= 0.3 is 5.97 Å². The molecule has 0 aliphatic carbocycles.